The number of aliphatic imine (C=N–C) groups is 1. The highest BCUT2D eigenvalue weighted by Crippen LogP contribution is 2.43. The zero-order chi connectivity index (χ0) is 19.7. The van der Waals surface area contributed by atoms with E-state index in [-0.39, 0.29) is 18.0 Å². The number of nitrogens with zero attached hydrogens (tertiary/aromatic N) is 2. The zero-order valence-electron chi connectivity index (χ0n) is 14.7. The summed E-state index contributed by atoms with van der Waals surface area (Å²) in [5.74, 6) is -3.66. The molecular weight excluding hydrogens is 354 g/mol. The second kappa shape index (κ2) is 7.10. The average molecular weight is 371 g/mol. The van der Waals surface area contributed by atoms with E-state index in [9.17, 15) is 24.5 Å². The first-order valence-corrected chi connectivity index (χ1v) is 8.36. The number of imide groups is 1. The Morgan fingerprint density at radius 2 is 2.11 bits per heavy atom. The fourth-order valence-electron chi connectivity index (χ4n) is 3.60. The van der Waals surface area contributed by atoms with Crippen LogP contribution in [0.5, 0.6) is 0 Å². The fraction of sp³-hybridized carbons (Fsp3) is 0.333. The third kappa shape index (κ3) is 3.35. The lowest BCUT2D eigenvalue weighted by Gasteiger charge is -2.37. The van der Waals surface area contributed by atoms with Crippen molar-refractivity contribution in [3.63, 3.8) is 0 Å². The smallest absolute Gasteiger partial charge is 0.347 e. The highest BCUT2D eigenvalue weighted by atomic mass is 16.6. The van der Waals surface area contributed by atoms with E-state index in [1.807, 2.05) is 0 Å². The predicted octanol–water partition coefficient (Wildman–Crippen LogP) is 2.12. The van der Waals surface area contributed by atoms with Crippen LogP contribution in [0, 0.1) is 22.0 Å². The average Bonchev–Trinajstić information content (AvgIpc) is 2.60. The molecule has 0 aromatic heterocycles. The maximum atomic E-state index is 12.6. The molecule has 3 unspecified atom stereocenters. The monoisotopic (exact) mass is 371 g/mol. The van der Waals surface area contributed by atoms with E-state index in [0.717, 1.165) is 0 Å². The molecule has 0 radical (unpaired) electrons. The Morgan fingerprint density at radius 3 is 2.78 bits per heavy atom. The van der Waals surface area contributed by atoms with E-state index < -0.39 is 40.6 Å². The van der Waals surface area contributed by atoms with Crippen molar-refractivity contribution in [2.24, 2.45) is 16.8 Å². The summed E-state index contributed by atoms with van der Waals surface area (Å²) in [6.07, 6.45) is 1.54. The molecule has 0 spiro atoms. The second-order valence-electron chi connectivity index (χ2n) is 6.30. The van der Waals surface area contributed by atoms with Gasteiger partial charge in [-0.25, -0.2) is 4.79 Å². The second-order valence-corrected chi connectivity index (χ2v) is 6.30. The minimum Gasteiger partial charge on any atom is -0.466 e. The molecule has 9 heteroatoms. The number of fused-ring (bicyclic) bond motifs is 1. The van der Waals surface area contributed by atoms with Gasteiger partial charge >= 0.3 is 12.0 Å². The van der Waals surface area contributed by atoms with E-state index in [2.05, 4.69) is 10.3 Å². The highest BCUT2D eigenvalue weighted by molar-refractivity contribution is 6.21. The molecule has 1 heterocycles. The Labute approximate surface area is 154 Å². The van der Waals surface area contributed by atoms with Crippen LogP contribution in [0.15, 0.2) is 40.9 Å². The number of esters is 1. The normalized spacial score (nSPS) is 24.3. The molecule has 3 amide bonds. The van der Waals surface area contributed by atoms with Crippen molar-refractivity contribution in [1.29, 1.82) is 0 Å². The quantitative estimate of drug-likeness (QED) is 0.490. The highest BCUT2D eigenvalue weighted by Gasteiger charge is 2.48. The molecule has 1 aliphatic heterocycles. The first kappa shape index (κ1) is 18.4. The Morgan fingerprint density at radius 1 is 1.37 bits per heavy atom. The Bertz CT molecular complexity index is 904. The van der Waals surface area contributed by atoms with Crippen molar-refractivity contribution in [3.8, 4) is 0 Å². The van der Waals surface area contributed by atoms with E-state index in [4.69, 9.17) is 4.74 Å². The van der Waals surface area contributed by atoms with Crippen molar-refractivity contribution >= 4 is 29.3 Å². The van der Waals surface area contributed by atoms with Crippen molar-refractivity contribution in [3.05, 3.63) is 51.6 Å². The van der Waals surface area contributed by atoms with Crippen LogP contribution in [0.4, 0.5) is 10.5 Å². The molecule has 1 aliphatic carbocycles. The Balaban J connectivity index is 2.19. The van der Waals surface area contributed by atoms with Crippen molar-refractivity contribution in [2.45, 2.75) is 19.8 Å². The van der Waals surface area contributed by atoms with Gasteiger partial charge in [0.05, 0.1) is 29.1 Å². The number of hydrogen-bond acceptors (Lipinski definition) is 6. The Kier molecular flexibility index (Phi) is 4.85. The fourth-order valence-corrected chi connectivity index (χ4v) is 3.60. The third-order valence-corrected chi connectivity index (χ3v) is 4.65. The topological polar surface area (TPSA) is 128 Å². The van der Waals surface area contributed by atoms with Gasteiger partial charge in [0, 0.05) is 18.1 Å². The summed E-state index contributed by atoms with van der Waals surface area (Å²) in [4.78, 5) is 51.3. The lowest BCUT2D eigenvalue weighted by atomic mass is 9.67. The number of urea groups is 1. The summed E-state index contributed by atoms with van der Waals surface area (Å²) in [5, 5.41) is 13.3. The summed E-state index contributed by atoms with van der Waals surface area (Å²) >= 11 is 0. The molecule has 9 nitrogen and oxygen atoms in total. The van der Waals surface area contributed by atoms with Crippen LogP contribution in [-0.2, 0) is 14.3 Å². The van der Waals surface area contributed by atoms with E-state index in [0.29, 0.717) is 11.1 Å². The third-order valence-electron chi connectivity index (χ3n) is 4.65. The van der Waals surface area contributed by atoms with Crippen LogP contribution in [0.2, 0.25) is 0 Å². The van der Waals surface area contributed by atoms with E-state index in [1.165, 1.54) is 24.3 Å². The van der Waals surface area contributed by atoms with Gasteiger partial charge in [-0.3, -0.25) is 25.0 Å². The first-order valence-electron chi connectivity index (χ1n) is 8.36. The lowest BCUT2D eigenvalue weighted by molar-refractivity contribution is -0.384. The molecular formula is C18H17N3O6. The molecule has 0 saturated carbocycles. The number of nitrogens with one attached hydrogen (secondary N) is 1. The van der Waals surface area contributed by atoms with E-state index in [1.54, 1.807) is 19.9 Å². The number of nitro benzene ring substituents is 1. The number of non-ortho nitro benzene ring substituents is 1. The molecule has 0 bridgehead atoms. The molecule has 2 aliphatic rings. The van der Waals surface area contributed by atoms with Crippen LogP contribution in [0.3, 0.4) is 0 Å². The number of carbonyl (C=O) groups is 3. The summed E-state index contributed by atoms with van der Waals surface area (Å²) < 4.78 is 5.17. The number of amides is 3. The molecule has 0 saturated heterocycles. The number of rotatable bonds is 4. The van der Waals surface area contributed by atoms with Gasteiger partial charge in [0.1, 0.15) is 0 Å². The minimum atomic E-state index is -0.928. The lowest BCUT2D eigenvalue weighted by Crippen LogP contribution is -2.50. The molecule has 140 valence electrons. The molecule has 3 atom stereocenters. The molecule has 0 fully saturated rings. The standard InChI is InChI=1S/C18H17N3O6/c1-3-27-17(23)13-9(2)7-12-15(16(22)20-18(24)19-12)14(13)10-5-4-6-11(8-10)21(25)26/h4-8,13-15H,3H2,1-2H3,(H,20,22,24). The summed E-state index contributed by atoms with van der Waals surface area (Å²) in [7, 11) is 0. The van der Waals surface area contributed by atoms with Crippen LogP contribution in [0.1, 0.15) is 25.3 Å². The molecule has 27 heavy (non-hydrogen) atoms. The number of nitro groups is 1. The number of ether oxygens (including phenoxy) is 1. The summed E-state index contributed by atoms with van der Waals surface area (Å²) in [6, 6.07) is 4.99. The molecule has 3 rings (SSSR count). The van der Waals surface area contributed by atoms with Crippen molar-refractivity contribution in [1.82, 2.24) is 5.32 Å². The van der Waals surface area contributed by atoms with Gasteiger partial charge in [-0.2, -0.15) is 4.99 Å². The van der Waals surface area contributed by atoms with Crippen LogP contribution in [-0.4, -0.2) is 35.1 Å². The Hall–Kier alpha value is -3.36. The van der Waals surface area contributed by atoms with Crippen molar-refractivity contribution in [2.75, 3.05) is 6.61 Å². The van der Waals surface area contributed by atoms with Crippen LogP contribution >= 0.6 is 0 Å². The van der Waals surface area contributed by atoms with E-state index >= 15 is 0 Å². The van der Waals surface area contributed by atoms with Crippen LogP contribution < -0.4 is 5.32 Å². The number of allylic oxidation sites excluding steroid dienone is 1. The van der Waals surface area contributed by atoms with Gasteiger partial charge in [0.2, 0.25) is 5.91 Å². The van der Waals surface area contributed by atoms with Gasteiger partial charge in [-0.15, -0.1) is 0 Å². The van der Waals surface area contributed by atoms with Gasteiger partial charge in [-0.05, 0) is 25.5 Å². The van der Waals surface area contributed by atoms with Crippen LogP contribution in [0.25, 0.3) is 0 Å². The minimum absolute atomic E-state index is 0.153. The maximum absolute atomic E-state index is 12.6. The van der Waals surface area contributed by atoms with Gasteiger partial charge in [0.25, 0.3) is 5.69 Å². The summed E-state index contributed by atoms with van der Waals surface area (Å²) in [6.45, 7) is 3.50. The molecule has 1 aromatic rings. The van der Waals surface area contributed by atoms with Gasteiger partial charge in [0.15, 0.2) is 0 Å². The number of carbonyl (C=O) groups excluding carboxylic acids is 3. The largest absolute Gasteiger partial charge is 0.466 e. The predicted molar refractivity (Wildman–Crippen MR) is 94.2 cm³/mol. The summed E-state index contributed by atoms with van der Waals surface area (Å²) in [5.41, 5.74) is 1.07. The van der Waals surface area contributed by atoms with Gasteiger partial charge in [-0.1, -0.05) is 17.7 Å². The molecule has 1 N–H and O–H groups in total. The van der Waals surface area contributed by atoms with Gasteiger partial charge < -0.3 is 4.74 Å². The SMILES string of the molecule is CCOC(=O)C1C(C)=CC2=NC(=O)NC(=O)C2C1c1cccc([N+](=O)[O-])c1. The zero-order valence-corrected chi connectivity index (χ0v) is 14.7. The first-order chi connectivity index (χ1) is 12.8. The van der Waals surface area contributed by atoms with Crippen molar-refractivity contribution < 1.29 is 24.0 Å². The maximum Gasteiger partial charge on any atom is 0.347 e. The molecule has 1 aromatic carbocycles. The number of benzene rings is 1. The number of hydrogen-bond donors (Lipinski definition) is 1.